The Morgan fingerprint density at radius 1 is 1.11 bits per heavy atom. The molecule has 1 rings (SSSR count). The highest BCUT2D eigenvalue weighted by atomic mass is 16.5. The summed E-state index contributed by atoms with van der Waals surface area (Å²) in [4.78, 5) is 0. The summed E-state index contributed by atoms with van der Waals surface area (Å²) in [6, 6.07) is 6.74. The van der Waals surface area contributed by atoms with Crippen molar-refractivity contribution in [3.05, 3.63) is 24.3 Å². The number of aromatic hydroxyl groups is 1. The van der Waals surface area contributed by atoms with Crippen LogP contribution in [0.3, 0.4) is 0 Å². The molecule has 1 unspecified atom stereocenters. The van der Waals surface area contributed by atoms with E-state index in [9.17, 15) is 0 Å². The van der Waals surface area contributed by atoms with E-state index < -0.39 is 0 Å². The van der Waals surface area contributed by atoms with E-state index in [1.54, 1.807) is 24.3 Å². The number of hydrogen-bond donors (Lipinski definition) is 1. The molecule has 1 aromatic rings. The molecule has 0 saturated carbocycles. The summed E-state index contributed by atoms with van der Waals surface area (Å²) in [6.45, 7) is 5.56. The number of benzene rings is 1. The third kappa shape index (κ3) is 6.50. The molecule has 3 nitrogen and oxygen atoms in total. The van der Waals surface area contributed by atoms with E-state index in [1.807, 2.05) is 6.92 Å². The minimum Gasteiger partial charge on any atom is -0.508 e. The number of phenolic OH excluding ortho intramolecular Hbond substituents is 1. The van der Waals surface area contributed by atoms with Gasteiger partial charge in [-0.3, -0.25) is 0 Å². The molecule has 1 atom stereocenters. The molecule has 0 aliphatic heterocycles. The summed E-state index contributed by atoms with van der Waals surface area (Å²) in [5, 5.41) is 9.14. The van der Waals surface area contributed by atoms with Crippen LogP contribution in [0.1, 0.15) is 39.5 Å². The SMILES string of the molecule is CCCCCCOC(C)COc1ccc(O)cc1. The van der Waals surface area contributed by atoms with Gasteiger partial charge in [-0.1, -0.05) is 26.2 Å². The Balaban J connectivity index is 2.09. The predicted octanol–water partition coefficient (Wildman–Crippen LogP) is 3.76. The Bertz CT molecular complexity index is 308. The van der Waals surface area contributed by atoms with Crippen LogP contribution in [0.5, 0.6) is 11.5 Å². The van der Waals surface area contributed by atoms with Crippen LogP contribution in [0, 0.1) is 0 Å². The van der Waals surface area contributed by atoms with Crippen LogP contribution in [-0.4, -0.2) is 24.4 Å². The fourth-order valence-corrected chi connectivity index (χ4v) is 1.62. The van der Waals surface area contributed by atoms with Crippen molar-refractivity contribution in [1.82, 2.24) is 0 Å². The van der Waals surface area contributed by atoms with Gasteiger partial charge in [0.2, 0.25) is 0 Å². The molecule has 18 heavy (non-hydrogen) atoms. The lowest BCUT2D eigenvalue weighted by Gasteiger charge is -2.14. The summed E-state index contributed by atoms with van der Waals surface area (Å²) >= 11 is 0. The van der Waals surface area contributed by atoms with Gasteiger partial charge in [0.1, 0.15) is 18.1 Å². The number of phenols is 1. The van der Waals surface area contributed by atoms with Crippen molar-refractivity contribution in [2.45, 2.75) is 45.6 Å². The minimum atomic E-state index is 0.0976. The minimum absolute atomic E-state index is 0.0976. The third-order valence-electron chi connectivity index (χ3n) is 2.72. The molecular weight excluding hydrogens is 228 g/mol. The van der Waals surface area contributed by atoms with Gasteiger partial charge < -0.3 is 14.6 Å². The zero-order valence-corrected chi connectivity index (χ0v) is 11.4. The molecule has 0 saturated heterocycles. The van der Waals surface area contributed by atoms with Gasteiger partial charge in [0.15, 0.2) is 0 Å². The van der Waals surface area contributed by atoms with Crippen molar-refractivity contribution in [1.29, 1.82) is 0 Å². The fraction of sp³-hybridized carbons (Fsp3) is 0.600. The highest BCUT2D eigenvalue weighted by molar-refractivity contribution is 5.30. The van der Waals surface area contributed by atoms with Crippen molar-refractivity contribution in [2.24, 2.45) is 0 Å². The second-order valence-electron chi connectivity index (χ2n) is 4.55. The Labute approximate surface area is 110 Å². The average Bonchev–Trinajstić information content (AvgIpc) is 2.38. The quantitative estimate of drug-likeness (QED) is 0.680. The molecule has 0 heterocycles. The van der Waals surface area contributed by atoms with Crippen LogP contribution in [0.2, 0.25) is 0 Å². The molecule has 0 spiro atoms. The van der Waals surface area contributed by atoms with Gasteiger partial charge in [0.25, 0.3) is 0 Å². The maximum atomic E-state index is 9.14. The zero-order chi connectivity index (χ0) is 13.2. The second-order valence-corrected chi connectivity index (χ2v) is 4.55. The zero-order valence-electron chi connectivity index (χ0n) is 11.4. The number of unbranched alkanes of at least 4 members (excludes halogenated alkanes) is 3. The number of hydrogen-bond acceptors (Lipinski definition) is 3. The van der Waals surface area contributed by atoms with Crippen LogP contribution in [0.4, 0.5) is 0 Å². The smallest absolute Gasteiger partial charge is 0.119 e. The van der Waals surface area contributed by atoms with E-state index in [4.69, 9.17) is 14.6 Å². The maximum Gasteiger partial charge on any atom is 0.119 e. The Morgan fingerprint density at radius 3 is 2.50 bits per heavy atom. The van der Waals surface area contributed by atoms with Crippen LogP contribution in [0.25, 0.3) is 0 Å². The number of rotatable bonds is 9. The topological polar surface area (TPSA) is 38.7 Å². The van der Waals surface area contributed by atoms with Crippen molar-refractivity contribution in [3.8, 4) is 11.5 Å². The molecular formula is C15H24O3. The van der Waals surface area contributed by atoms with E-state index in [2.05, 4.69) is 6.92 Å². The second kappa shape index (κ2) is 8.81. The highest BCUT2D eigenvalue weighted by Gasteiger charge is 2.03. The van der Waals surface area contributed by atoms with Gasteiger partial charge in [-0.05, 0) is 37.6 Å². The maximum absolute atomic E-state index is 9.14. The largest absolute Gasteiger partial charge is 0.508 e. The Kier molecular flexibility index (Phi) is 7.26. The predicted molar refractivity (Wildman–Crippen MR) is 73.2 cm³/mol. The van der Waals surface area contributed by atoms with Gasteiger partial charge in [0, 0.05) is 6.61 Å². The molecule has 0 aliphatic rings. The van der Waals surface area contributed by atoms with Crippen molar-refractivity contribution >= 4 is 0 Å². The summed E-state index contributed by atoms with van der Waals surface area (Å²) in [6.07, 6.45) is 4.99. The number of ether oxygens (including phenoxy) is 2. The van der Waals surface area contributed by atoms with E-state index in [-0.39, 0.29) is 11.9 Å². The summed E-state index contributed by atoms with van der Waals surface area (Å²) in [7, 11) is 0. The third-order valence-corrected chi connectivity index (χ3v) is 2.72. The van der Waals surface area contributed by atoms with Crippen LogP contribution in [0.15, 0.2) is 24.3 Å². The standard InChI is InChI=1S/C15H24O3/c1-3-4-5-6-11-17-13(2)12-18-15-9-7-14(16)8-10-15/h7-10,13,16H,3-6,11-12H2,1-2H3. The average molecular weight is 252 g/mol. The lowest BCUT2D eigenvalue weighted by molar-refractivity contribution is 0.0302. The lowest BCUT2D eigenvalue weighted by atomic mass is 10.2. The van der Waals surface area contributed by atoms with E-state index in [0.717, 1.165) is 18.8 Å². The van der Waals surface area contributed by atoms with E-state index >= 15 is 0 Å². The monoisotopic (exact) mass is 252 g/mol. The first-order valence-corrected chi connectivity index (χ1v) is 6.75. The molecule has 1 aromatic carbocycles. The van der Waals surface area contributed by atoms with Crippen LogP contribution < -0.4 is 4.74 Å². The first-order chi connectivity index (χ1) is 8.72. The molecule has 0 bridgehead atoms. The molecule has 1 N–H and O–H groups in total. The molecule has 0 aliphatic carbocycles. The summed E-state index contributed by atoms with van der Waals surface area (Å²) < 4.78 is 11.2. The van der Waals surface area contributed by atoms with E-state index in [1.165, 1.54) is 19.3 Å². The van der Waals surface area contributed by atoms with Gasteiger partial charge in [-0.25, -0.2) is 0 Å². The fourth-order valence-electron chi connectivity index (χ4n) is 1.62. The molecule has 0 fully saturated rings. The molecule has 0 amide bonds. The van der Waals surface area contributed by atoms with Crippen molar-refractivity contribution in [3.63, 3.8) is 0 Å². The highest BCUT2D eigenvalue weighted by Crippen LogP contribution is 2.16. The van der Waals surface area contributed by atoms with Crippen LogP contribution in [-0.2, 0) is 4.74 Å². The Hall–Kier alpha value is -1.22. The summed E-state index contributed by atoms with van der Waals surface area (Å²) in [5.74, 6) is 1.01. The van der Waals surface area contributed by atoms with Crippen molar-refractivity contribution < 1.29 is 14.6 Å². The normalized spacial score (nSPS) is 12.3. The van der Waals surface area contributed by atoms with Gasteiger partial charge in [0.05, 0.1) is 6.10 Å². The molecule has 3 heteroatoms. The first kappa shape index (κ1) is 14.8. The molecule has 0 radical (unpaired) electrons. The van der Waals surface area contributed by atoms with Gasteiger partial charge >= 0.3 is 0 Å². The van der Waals surface area contributed by atoms with Crippen LogP contribution >= 0.6 is 0 Å². The first-order valence-electron chi connectivity index (χ1n) is 6.75. The van der Waals surface area contributed by atoms with Gasteiger partial charge in [-0.15, -0.1) is 0 Å². The van der Waals surface area contributed by atoms with E-state index in [0.29, 0.717) is 6.61 Å². The molecule has 0 aromatic heterocycles. The Morgan fingerprint density at radius 2 is 1.83 bits per heavy atom. The van der Waals surface area contributed by atoms with Gasteiger partial charge in [-0.2, -0.15) is 0 Å². The summed E-state index contributed by atoms with van der Waals surface area (Å²) in [5.41, 5.74) is 0. The van der Waals surface area contributed by atoms with Crippen molar-refractivity contribution in [2.75, 3.05) is 13.2 Å². The lowest BCUT2D eigenvalue weighted by Crippen LogP contribution is -2.18. The molecule has 102 valence electrons.